The zero-order valence-corrected chi connectivity index (χ0v) is 17.3. The number of thiazole rings is 1. The number of aromatic nitrogens is 1. The maximum Gasteiger partial charge on any atom is 0.158 e. The molecule has 2 rings (SSSR count). The Hall–Kier alpha value is -1.68. The molecule has 0 radical (unpaired) electrons. The summed E-state index contributed by atoms with van der Waals surface area (Å²) in [4.78, 5) is 6.79. The van der Waals surface area contributed by atoms with Crippen LogP contribution in [-0.2, 0) is 5.75 Å². The number of allylic oxidation sites excluding steroid dienone is 4. The highest BCUT2D eigenvalue weighted by Crippen LogP contribution is 2.34. The van der Waals surface area contributed by atoms with Crippen molar-refractivity contribution in [3.05, 3.63) is 52.0 Å². The van der Waals surface area contributed by atoms with Crippen LogP contribution in [-0.4, -0.2) is 20.5 Å². The maximum absolute atomic E-state index is 9.55. The van der Waals surface area contributed by atoms with E-state index in [0.29, 0.717) is 0 Å². The summed E-state index contributed by atoms with van der Waals surface area (Å²) in [5, 5.41) is 20.7. The zero-order valence-electron chi connectivity index (χ0n) is 14.1. The minimum Gasteiger partial charge on any atom is -0.504 e. The van der Waals surface area contributed by atoms with E-state index in [1.54, 1.807) is 35.2 Å². The third-order valence-corrected chi connectivity index (χ3v) is 5.94. The molecule has 1 aromatic carbocycles. The average Bonchev–Trinajstić information content (AvgIpc) is 2.99. The van der Waals surface area contributed by atoms with E-state index >= 15 is 0 Å². The molecule has 25 heavy (non-hydrogen) atoms. The second kappa shape index (κ2) is 11.0. The van der Waals surface area contributed by atoms with Crippen molar-refractivity contribution < 1.29 is 10.2 Å². The van der Waals surface area contributed by atoms with Crippen LogP contribution in [0.2, 0.25) is 0 Å². The number of hydrogen-bond acceptors (Lipinski definition) is 5. The van der Waals surface area contributed by atoms with Crippen molar-refractivity contribution in [3.8, 4) is 24.3 Å². The van der Waals surface area contributed by atoms with Gasteiger partial charge in [-0.1, -0.05) is 34.2 Å². The number of phenols is 2. The van der Waals surface area contributed by atoms with Crippen molar-refractivity contribution in [2.45, 2.75) is 24.5 Å². The monoisotopic (exact) mass is 437 g/mol. The van der Waals surface area contributed by atoms with Crippen molar-refractivity contribution in [2.24, 2.45) is 0 Å². The normalized spacial score (nSPS) is 11.3. The van der Waals surface area contributed by atoms with Gasteiger partial charge in [-0.3, -0.25) is 0 Å². The fourth-order valence-electron chi connectivity index (χ4n) is 1.89. The van der Waals surface area contributed by atoms with Crippen molar-refractivity contribution in [2.75, 3.05) is 5.33 Å². The van der Waals surface area contributed by atoms with Crippen LogP contribution in [0, 0.1) is 19.8 Å². The molecule has 0 atom stereocenters. The van der Waals surface area contributed by atoms with Crippen LogP contribution < -0.4 is 0 Å². The number of thioether (sulfide) groups is 1. The number of terminal acetylenes is 1. The predicted molar refractivity (Wildman–Crippen MR) is 113 cm³/mol. The van der Waals surface area contributed by atoms with E-state index in [4.69, 9.17) is 0 Å². The Morgan fingerprint density at radius 1 is 1.32 bits per heavy atom. The molecule has 0 unspecified atom stereocenters. The smallest absolute Gasteiger partial charge is 0.158 e. The minimum atomic E-state index is -0.0955. The number of benzene rings is 1. The van der Waals surface area contributed by atoms with E-state index in [1.165, 1.54) is 10.9 Å². The highest BCUT2D eigenvalue weighted by molar-refractivity contribution is 9.09. The van der Waals surface area contributed by atoms with Gasteiger partial charge in [-0.2, -0.15) is 0 Å². The Kier molecular flexibility index (Phi) is 9.43. The average molecular weight is 438 g/mol. The van der Waals surface area contributed by atoms with E-state index < -0.39 is 0 Å². The summed E-state index contributed by atoms with van der Waals surface area (Å²) in [6.45, 7) is 4.03. The van der Waals surface area contributed by atoms with E-state index in [1.807, 2.05) is 13.8 Å². The molecule has 0 aliphatic rings. The predicted octanol–water partition coefficient (Wildman–Crippen LogP) is 5.76. The Bertz CT molecular complexity index is 779. The Labute approximate surface area is 165 Å². The molecule has 2 aromatic rings. The van der Waals surface area contributed by atoms with Crippen molar-refractivity contribution >= 4 is 44.6 Å². The van der Waals surface area contributed by atoms with Crippen molar-refractivity contribution in [1.82, 2.24) is 4.98 Å². The first-order chi connectivity index (χ1) is 12.0. The lowest BCUT2D eigenvalue weighted by Crippen LogP contribution is -1.82. The van der Waals surface area contributed by atoms with Crippen molar-refractivity contribution in [3.63, 3.8) is 0 Å². The third-order valence-electron chi connectivity index (χ3n) is 3.15. The molecule has 1 heterocycles. The summed E-state index contributed by atoms with van der Waals surface area (Å²) in [7, 11) is 0. The minimum absolute atomic E-state index is 0.0900. The summed E-state index contributed by atoms with van der Waals surface area (Å²) >= 11 is 6.69. The maximum atomic E-state index is 9.55. The molecule has 1 aromatic heterocycles. The van der Waals surface area contributed by atoms with Gasteiger partial charge < -0.3 is 10.2 Å². The van der Waals surface area contributed by atoms with E-state index in [0.717, 1.165) is 32.3 Å². The number of phenolic OH excluding ortho intramolecular Hbond substituents is 2. The van der Waals surface area contributed by atoms with Gasteiger partial charge in [-0.15, -0.1) is 35.9 Å². The van der Waals surface area contributed by atoms with Gasteiger partial charge in [0, 0.05) is 26.4 Å². The standard InChI is InChI=1S/C17H18BrNO2S2.C2H2/c1-3-12(5-4-8-18)17-19-11(2)16(23-17)10-22-13-6-7-14(20)15(21)9-13;1-2/h3-7,9,20-21H,8,10H2,1-2H3;1-2H/b5-4-,12-3+;. The summed E-state index contributed by atoms with van der Waals surface area (Å²) in [6.07, 6.45) is 14.2. The molecule has 3 nitrogen and oxygen atoms in total. The van der Waals surface area contributed by atoms with Crippen LogP contribution in [0.1, 0.15) is 22.5 Å². The van der Waals surface area contributed by atoms with Gasteiger partial charge in [0.05, 0.1) is 5.69 Å². The van der Waals surface area contributed by atoms with Gasteiger partial charge in [-0.05, 0) is 32.0 Å². The quantitative estimate of drug-likeness (QED) is 0.198. The van der Waals surface area contributed by atoms with Gasteiger partial charge in [-0.25, -0.2) is 4.98 Å². The zero-order chi connectivity index (χ0) is 18.8. The van der Waals surface area contributed by atoms with E-state index in [2.05, 4.69) is 52.0 Å². The topological polar surface area (TPSA) is 53.4 Å². The first-order valence-electron chi connectivity index (χ1n) is 7.38. The number of hydrogen-bond donors (Lipinski definition) is 2. The van der Waals surface area contributed by atoms with Crippen LogP contribution >= 0.6 is 39.0 Å². The second-order valence-electron chi connectivity index (χ2n) is 4.77. The Balaban J connectivity index is 0.00000151. The highest BCUT2D eigenvalue weighted by Gasteiger charge is 2.10. The van der Waals surface area contributed by atoms with Crippen LogP contribution in [0.15, 0.2) is 41.3 Å². The van der Waals surface area contributed by atoms with E-state index in [-0.39, 0.29) is 11.5 Å². The summed E-state index contributed by atoms with van der Waals surface area (Å²) in [5.74, 6) is 0.599. The fourth-order valence-corrected chi connectivity index (χ4v) is 4.27. The molecule has 0 saturated carbocycles. The highest BCUT2D eigenvalue weighted by atomic mass is 79.9. The number of halogens is 1. The molecule has 6 heteroatoms. The molecule has 132 valence electrons. The lowest BCUT2D eigenvalue weighted by Gasteiger charge is -2.02. The fraction of sp³-hybridized carbons (Fsp3) is 0.211. The van der Waals surface area contributed by atoms with Gasteiger partial charge in [0.25, 0.3) is 0 Å². The lowest BCUT2D eigenvalue weighted by atomic mass is 10.2. The number of nitrogens with zero attached hydrogens (tertiary/aromatic N) is 1. The van der Waals surface area contributed by atoms with Gasteiger partial charge >= 0.3 is 0 Å². The number of rotatable bonds is 6. The molecule has 0 aliphatic carbocycles. The number of aromatic hydroxyl groups is 2. The molecular formula is C19H20BrNO2S2. The van der Waals surface area contributed by atoms with Crippen LogP contribution in [0.3, 0.4) is 0 Å². The van der Waals surface area contributed by atoms with Crippen LogP contribution in [0.4, 0.5) is 0 Å². The SMILES string of the molecule is C#C.C/C=C(\C=C/CBr)c1nc(C)c(CSc2ccc(O)c(O)c2)s1. The Morgan fingerprint density at radius 2 is 2.04 bits per heavy atom. The van der Waals surface area contributed by atoms with Crippen molar-refractivity contribution in [1.29, 1.82) is 0 Å². The summed E-state index contributed by atoms with van der Waals surface area (Å²) in [6, 6.07) is 4.88. The van der Waals surface area contributed by atoms with Gasteiger partial charge in [0.2, 0.25) is 0 Å². The molecule has 0 amide bonds. The van der Waals surface area contributed by atoms with Crippen LogP contribution in [0.25, 0.3) is 5.57 Å². The number of alkyl halides is 1. The van der Waals surface area contributed by atoms with Gasteiger partial charge in [0.1, 0.15) is 5.01 Å². The number of aryl methyl sites for hydroxylation is 1. The van der Waals surface area contributed by atoms with Gasteiger partial charge in [0.15, 0.2) is 11.5 Å². The first-order valence-corrected chi connectivity index (χ1v) is 10.3. The Morgan fingerprint density at radius 3 is 2.64 bits per heavy atom. The molecule has 0 aliphatic heterocycles. The summed E-state index contributed by atoms with van der Waals surface area (Å²) < 4.78 is 0. The molecule has 2 N–H and O–H groups in total. The lowest BCUT2D eigenvalue weighted by molar-refractivity contribution is 0.402. The largest absolute Gasteiger partial charge is 0.504 e. The molecule has 0 bridgehead atoms. The molecule has 0 fully saturated rings. The van der Waals surface area contributed by atoms with Crippen LogP contribution in [0.5, 0.6) is 11.5 Å². The molecule has 0 spiro atoms. The third kappa shape index (κ3) is 6.28. The van der Waals surface area contributed by atoms with E-state index in [9.17, 15) is 10.2 Å². The molecule has 0 saturated heterocycles. The summed E-state index contributed by atoms with van der Waals surface area (Å²) in [5.41, 5.74) is 2.16. The first kappa shape index (κ1) is 21.4. The second-order valence-corrected chi connectivity index (χ2v) is 7.55. The molecular weight excluding hydrogens is 418 g/mol.